The average molecular weight is 522 g/mol. The molecule has 0 saturated heterocycles. The van der Waals surface area contributed by atoms with Gasteiger partial charge in [0.2, 0.25) is 13.6 Å². The molecule has 0 radical (unpaired) electrons. The van der Waals surface area contributed by atoms with Gasteiger partial charge in [-0.3, -0.25) is 39.8 Å². The number of ether oxygens (including phenoxy) is 4. The van der Waals surface area contributed by atoms with Crippen LogP contribution in [0.2, 0.25) is 0 Å². The van der Waals surface area contributed by atoms with Crippen molar-refractivity contribution in [2.75, 3.05) is 13.6 Å². The SMILES string of the molecule is O=C(CCC(=O)OCOc1ccc([N+](=O)[O-])c2cccnc12)OCOc1ccc([N+](=O)[O-])c2cccnc12. The molecule has 2 aromatic carbocycles. The molecule has 4 aromatic rings. The smallest absolute Gasteiger partial charge is 0.309 e. The molecule has 14 heteroatoms. The van der Waals surface area contributed by atoms with Crippen LogP contribution in [0.25, 0.3) is 21.8 Å². The van der Waals surface area contributed by atoms with E-state index < -0.39 is 35.4 Å². The lowest BCUT2D eigenvalue weighted by molar-refractivity contribution is -0.383. The number of fused-ring (bicyclic) bond motifs is 2. The normalized spacial score (nSPS) is 10.6. The first kappa shape index (κ1) is 25.7. The molecule has 0 atom stereocenters. The van der Waals surface area contributed by atoms with Crippen LogP contribution in [-0.4, -0.2) is 45.3 Å². The van der Waals surface area contributed by atoms with Gasteiger partial charge < -0.3 is 18.9 Å². The predicted octanol–water partition coefficient (Wildman–Crippen LogP) is 3.84. The van der Waals surface area contributed by atoms with Gasteiger partial charge in [-0.15, -0.1) is 0 Å². The number of benzene rings is 2. The van der Waals surface area contributed by atoms with Gasteiger partial charge in [-0.1, -0.05) is 0 Å². The number of non-ortho nitro benzene ring substituents is 2. The molecule has 4 rings (SSSR count). The summed E-state index contributed by atoms with van der Waals surface area (Å²) in [6.07, 6.45) is 2.29. The minimum absolute atomic E-state index is 0.141. The summed E-state index contributed by atoms with van der Waals surface area (Å²) in [5.41, 5.74) is 0.186. The van der Waals surface area contributed by atoms with E-state index in [1.165, 1.54) is 48.8 Å². The van der Waals surface area contributed by atoms with Gasteiger partial charge in [0.15, 0.2) is 0 Å². The van der Waals surface area contributed by atoms with Gasteiger partial charge in [0.1, 0.15) is 22.5 Å². The van der Waals surface area contributed by atoms with Crippen molar-refractivity contribution >= 4 is 45.1 Å². The first-order valence-corrected chi connectivity index (χ1v) is 11.0. The Bertz CT molecular complexity index is 1430. The molecule has 0 saturated carbocycles. The Labute approximate surface area is 213 Å². The van der Waals surface area contributed by atoms with E-state index in [-0.39, 0.29) is 57.5 Å². The molecule has 2 aromatic heterocycles. The molecule has 0 bridgehead atoms. The van der Waals surface area contributed by atoms with Crippen molar-refractivity contribution in [3.63, 3.8) is 0 Å². The van der Waals surface area contributed by atoms with Crippen molar-refractivity contribution in [2.45, 2.75) is 12.8 Å². The molecule has 2 heterocycles. The van der Waals surface area contributed by atoms with Crippen LogP contribution in [0.5, 0.6) is 11.5 Å². The topological polar surface area (TPSA) is 183 Å². The maximum absolute atomic E-state index is 12.0. The highest BCUT2D eigenvalue weighted by molar-refractivity contribution is 5.93. The first-order valence-electron chi connectivity index (χ1n) is 11.0. The van der Waals surface area contributed by atoms with Crippen molar-refractivity contribution in [3.8, 4) is 11.5 Å². The van der Waals surface area contributed by atoms with Crippen molar-refractivity contribution < 1.29 is 38.4 Å². The van der Waals surface area contributed by atoms with E-state index in [0.29, 0.717) is 0 Å². The summed E-state index contributed by atoms with van der Waals surface area (Å²) >= 11 is 0. The summed E-state index contributed by atoms with van der Waals surface area (Å²) in [7, 11) is 0. The second kappa shape index (κ2) is 11.6. The molecule has 0 unspecified atom stereocenters. The number of nitro benzene ring substituents is 2. The number of nitro groups is 2. The second-order valence-electron chi connectivity index (χ2n) is 7.54. The molecule has 0 aliphatic heterocycles. The monoisotopic (exact) mass is 522 g/mol. The van der Waals surface area contributed by atoms with E-state index in [1.54, 1.807) is 12.1 Å². The fourth-order valence-electron chi connectivity index (χ4n) is 3.48. The molecular formula is C24H18N4O10. The van der Waals surface area contributed by atoms with Gasteiger partial charge >= 0.3 is 11.9 Å². The van der Waals surface area contributed by atoms with Gasteiger partial charge in [-0.05, 0) is 36.4 Å². The van der Waals surface area contributed by atoms with E-state index in [9.17, 15) is 29.8 Å². The molecule has 0 fully saturated rings. The summed E-state index contributed by atoms with van der Waals surface area (Å²) in [5.74, 6) is -1.12. The molecule has 194 valence electrons. The molecule has 38 heavy (non-hydrogen) atoms. The average Bonchev–Trinajstić information content (AvgIpc) is 2.91. The number of nitrogens with zero attached hydrogens (tertiary/aromatic N) is 4. The van der Waals surface area contributed by atoms with Crippen LogP contribution >= 0.6 is 0 Å². The van der Waals surface area contributed by atoms with Crippen LogP contribution in [0.1, 0.15) is 12.8 Å². The van der Waals surface area contributed by atoms with Crippen molar-refractivity contribution in [3.05, 3.63) is 81.2 Å². The fraction of sp³-hybridized carbons (Fsp3) is 0.167. The Morgan fingerprint density at radius 2 is 1.11 bits per heavy atom. The highest BCUT2D eigenvalue weighted by Crippen LogP contribution is 2.32. The Balaban J connectivity index is 1.22. The van der Waals surface area contributed by atoms with E-state index >= 15 is 0 Å². The lowest BCUT2D eigenvalue weighted by atomic mass is 10.1. The Kier molecular flexibility index (Phi) is 7.81. The zero-order valence-corrected chi connectivity index (χ0v) is 19.5. The molecule has 0 spiro atoms. The summed E-state index contributed by atoms with van der Waals surface area (Å²) < 4.78 is 20.7. The third-order valence-corrected chi connectivity index (χ3v) is 5.21. The molecule has 0 aliphatic rings. The highest BCUT2D eigenvalue weighted by atomic mass is 16.7. The van der Waals surface area contributed by atoms with E-state index in [1.807, 2.05) is 0 Å². The van der Waals surface area contributed by atoms with Crippen molar-refractivity contribution in [2.24, 2.45) is 0 Å². The lowest BCUT2D eigenvalue weighted by Gasteiger charge is -2.10. The number of aromatic nitrogens is 2. The van der Waals surface area contributed by atoms with Gasteiger partial charge in [0.05, 0.1) is 33.5 Å². The minimum Gasteiger partial charge on any atom is -0.455 e. The van der Waals surface area contributed by atoms with Gasteiger partial charge in [-0.2, -0.15) is 0 Å². The largest absolute Gasteiger partial charge is 0.455 e. The summed E-state index contributed by atoms with van der Waals surface area (Å²) in [6, 6.07) is 11.4. The summed E-state index contributed by atoms with van der Waals surface area (Å²) in [4.78, 5) is 53.4. The maximum Gasteiger partial charge on any atom is 0.309 e. The van der Waals surface area contributed by atoms with Crippen LogP contribution in [0.15, 0.2) is 60.9 Å². The quantitative estimate of drug-likeness (QED) is 0.120. The third kappa shape index (κ3) is 5.87. The number of rotatable bonds is 11. The second-order valence-corrected chi connectivity index (χ2v) is 7.54. The van der Waals surface area contributed by atoms with Gasteiger partial charge in [-0.25, -0.2) is 0 Å². The van der Waals surface area contributed by atoms with Crippen LogP contribution in [0.3, 0.4) is 0 Å². The number of carbonyl (C=O) groups is 2. The van der Waals surface area contributed by atoms with Crippen LogP contribution in [-0.2, 0) is 19.1 Å². The molecule has 0 N–H and O–H groups in total. The van der Waals surface area contributed by atoms with E-state index in [4.69, 9.17) is 18.9 Å². The third-order valence-electron chi connectivity index (χ3n) is 5.21. The Morgan fingerprint density at radius 3 is 1.50 bits per heavy atom. The number of esters is 2. The van der Waals surface area contributed by atoms with Crippen LogP contribution in [0.4, 0.5) is 11.4 Å². The zero-order chi connectivity index (χ0) is 27.1. The van der Waals surface area contributed by atoms with E-state index in [0.717, 1.165) is 0 Å². The number of hydrogen-bond donors (Lipinski definition) is 0. The number of pyridine rings is 2. The minimum atomic E-state index is -0.743. The lowest BCUT2D eigenvalue weighted by Crippen LogP contribution is -2.15. The highest BCUT2D eigenvalue weighted by Gasteiger charge is 2.18. The summed E-state index contributed by atoms with van der Waals surface area (Å²) in [6.45, 7) is -0.999. The number of carbonyl (C=O) groups excluding carboxylic acids is 2. The fourth-order valence-corrected chi connectivity index (χ4v) is 3.48. The Morgan fingerprint density at radius 1 is 0.684 bits per heavy atom. The van der Waals surface area contributed by atoms with Crippen LogP contribution in [0, 0.1) is 20.2 Å². The maximum atomic E-state index is 12.0. The van der Waals surface area contributed by atoms with Gasteiger partial charge in [0.25, 0.3) is 11.4 Å². The molecular weight excluding hydrogens is 504 g/mol. The zero-order valence-electron chi connectivity index (χ0n) is 19.5. The molecule has 0 aliphatic carbocycles. The standard InChI is InChI=1S/C24H18N4O10/c29-21(37-13-35-19-7-5-17(27(31)32)15-3-1-11-25-23(15)19)9-10-22(30)38-14-36-20-8-6-18(28(33)34)16-4-2-12-26-24(16)20/h1-8,11-12H,9-10,13-14H2. The van der Waals surface area contributed by atoms with Crippen molar-refractivity contribution in [1.82, 2.24) is 9.97 Å². The molecule has 0 amide bonds. The number of hydrogen-bond acceptors (Lipinski definition) is 12. The van der Waals surface area contributed by atoms with Crippen LogP contribution < -0.4 is 9.47 Å². The molecule has 14 nitrogen and oxygen atoms in total. The Hall–Kier alpha value is -5.40. The first-order chi connectivity index (χ1) is 18.3. The predicted molar refractivity (Wildman–Crippen MR) is 129 cm³/mol. The van der Waals surface area contributed by atoms with E-state index in [2.05, 4.69) is 9.97 Å². The van der Waals surface area contributed by atoms with Gasteiger partial charge in [0, 0.05) is 24.5 Å². The van der Waals surface area contributed by atoms with Crippen molar-refractivity contribution in [1.29, 1.82) is 0 Å². The summed E-state index contributed by atoms with van der Waals surface area (Å²) in [5, 5.41) is 22.9.